The van der Waals surface area contributed by atoms with E-state index < -0.39 is 21.7 Å². The van der Waals surface area contributed by atoms with Crippen molar-refractivity contribution in [1.82, 2.24) is 14.5 Å². The molecule has 1 aliphatic carbocycles. The Hall–Kier alpha value is -2.30. The lowest BCUT2D eigenvalue weighted by molar-refractivity contribution is -0.128. The van der Waals surface area contributed by atoms with Gasteiger partial charge in [0, 0.05) is 32.6 Å². The molecule has 0 unspecified atom stereocenters. The van der Waals surface area contributed by atoms with Crippen LogP contribution in [0.4, 0.5) is 0 Å². The van der Waals surface area contributed by atoms with Crippen LogP contribution in [0.5, 0.6) is 0 Å². The molecule has 2 aromatic rings. The van der Waals surface area contributed by atoms with Crippen LogP contribution in [0.2, 0.25) is 0 Å². The van der Waals surface area contributed by atoms with Crippen molar-refractivity contribution in [2.24, 2.45) is 11.5 Å². The van der Waals surface area contributed by atoms with Crippen molar-refractivity contribution >= 4 is 15.9 Å². The SMILES string of the molecule is Cc1cc(-c2ccc(C[C@H](N)NC(=O)C3(N)CCCCC3)cc2)ccc1S(=O)(=O)N1CCN(C)CC1. The lowest BCUT2D eigenvalue weighted by Crippen LogP contribution is -2.59. The Labute approximate surface area is 215 Å². The first-order chi connectivity index (χ1) is 17.1. The van der Waals surface area contributed by atoms with Gasteiger partial charge in [0.15, 0.2) is 0 Å². The molecule has 1 saturated carbocycles. The number of sulfonamides is 1. The molecule has 0 spiro atoms. The molecule has 0 bridgehead atoms. The first-order valence-electron chi connectivity index (χ1n) is 12.8. The second-order valence-electron chi connectivity index (χ2n) is 10.4. The quantitative estimate of drug-likeness (QED) is 0.488. The second kappa shape index (κ2) is 11.0. The fourth-order valence-electron chi connectivity index (χ4n) is 5.15. The van der Waals surface area contributed by atoms with Crippen LogP contribution in [-0.2, 0) is 21.2 Å². The fraction of sp³-hybridized carbons (Fsp3) is 0.519. The molecule has 1 atom stereocenters. The van der Waals surface area contributed by atoms with E-state index in [-0.39, 0.29) is 5.91 Å². The zero-order valence-electron chi connectivity index (χ0n) is 21.4. The molecule has 0 aromatic heterocycles. The van der Waals surface area contributed by atoms with E-state index in [1.54, 1.807) is 10.4 Å². The van der Waals surface area contributed by atoms with E-state index in [4.69, 9.17) is 11.5 Å². The molecule has 2 aliphatic rings. The summed E-state index contributed by atoms with van der Waals surface area (Å²) in [5, 5.41) is 2.89. The Morgan fingerprint density at radius 2 is 1.61 bits per heavy atom. The summed E-state index contributed by atoms with van der Waals surface area (Å²) in [4.78, 5) is 15.1. The average molecular weight is 514 g/mol. The number of nitrogens with zero attached hydrogens (tertiary/aromatic N) is 2. The molecule has 2 fully saturated rings. The number of likely N-dealkylation sites (N-methyl/N-ethyl adjacent to an activating group) is 1. The molecule has 8 nitrogen and oxygen atoms in total. The van der Waals surface area contributed by atoms with Gasteiger partial charge in [-0.1, -0.05) is 55.7 Å². The van der Waals surface area contributed by atoms with Gasteiger partial charge >= 0.3 is 0 Å². The van der Waals surface area contributed by atoms with Crippen molar-refractivity contribution in [3.63, 3.8) is 0 Å². The van der Waals surface area contributed by atoms with Crippen LogP contribution in [0, 0.1) is 6.92 Å². The van der Waals surface area contributed by atoms with E-state index in [2.05, 4.69) is 10.2 Å². The van der Waals surface area contributed by atoms with Gasteiger partial charge in [0.25, 0.3) is 0 Å². The summed E-state index contributed by atoms with van der Waals surface area (Å²) in [6, 6.07) is 13.5. The normalized spacial score (nSPS) is 20.1. The molecule has 196 valence electrons. The maximum Gasteiger partial charge on any atom is 0.243 e. The summed E-state index contributed by atoms with van der Waals surface area (Å²) in [6.07, 6.45) is 4.48. The smallest absolute Gasteiger partial charge is 0.243 e. The first kappa shape index (κ1) is 26.8. The van der Waals surface area contributed by atoms with E-state index in [0.29, 0.717) is 37.2 Å². The highest BCUT2D eigenvalue weighted by Crippen LogP contribution is 2.28. The lowest BCUT2D eigenvalue weighted by Gasteiger charge is -2.33. The Balaban J connectivity index is 1.40. The number of nitrogens with one attached hydrogen (secondary N) is 1. The molecular weight excluding hydrogens is 474 g/mol. The van der Waals surface area contributed by atoms with Gasteiger partial charge in [-0.2, -0.15) is 4.31 Å². The van der Waals surface area contributed by atoms with Crippen molar-refractivity contribution < 1.29 is 13.2 Å². The molecule has 9 heteroatoms. The largest absolute Gasteiger partial charge is 0.339 e. The number of rotatable bonds is 7. The topological polar surface area (TPSA) is 122 Å². The van der Waals surface area contributed by atoms with Crippen molar-refractivity contribution in [1.29, 1.82) is 0 Å². The zero-order chi connectivity index (χ0) is 25.9. The third-order valence-electron chi connectivity index (χ3n) is 7.51. The van der Waals surface area contributed by atoms with Gasteiger partial charge in [-0.05, 0) is 55.1 Å². The van der Waals surface area contributed by atoms with Gasteiger partial charge in [-0.3, -0.25) is 4.79 Å². The highest BCUT2D eigenvalue weighted by Gasteiger charge is 2.35. The Kier molecular flexibility index (Phi) is 8.16. The van der Waals surface area contributed by atoms with Gasteiger partial charge in [-0.15, -0.1) is 0 Å². The number of piperazine rings is 1. The van der Waals surface area contributed by atoms with Crippen molar-refractivity contribution in [2.75, 3.05) is 33.2 Å². The third-order valence-corrected chi connectivity index (χ3v) is 9.57. The van der Waals surface area contributed by atoms with Crippen LogP contribution >= 0.6 is 0 Å². The molecule has 1 heterocycles. The van der Waals surface area contributed by atoms with Gasteiger partial charge in [0.1, 0.15) is 0 Å². The average Bonchev–Trinajstić information content (AvgIpc) is 2.85. The molecule has 1 amide bonds. The van der Waals surface area contributed by atoms with E-state index in [9.17, 15) is 13.2 Å². The van der Waals surface area contributed by atoms with Crippen LogP contribution in [0.15, 0.2) is 47.4 Å². The van der Waals surface area contributed by atoms with Gasteiger partial charge in [-0.25, -0.2) is 8.42 Å². The maximum atomic E-state index is 13.2. The lowest BCUT2D eigenvalue weighted by atomic mass is 9.82. The van der Waals surface area contributed by atoms with Crippen LogP contribution < -0.4 is 16.8 Å². The molecule has 0 radical (unpaired) electrons. The highest BCUT2D eigenvalue weighted by molar-refractivity contribution is 7.89. The Morgan fingerprint density at radius 3 is 2.22 bits per heavy atom. The monoisotopic (exact) mass is 513 g/mol. The van der Waals surface area contributed by atoms with Gasteiger partial charge < -0.3 is 21.7 Å². The number of hydrogen-bond acceptors (Lipinski definition) is 6. The highest BCUT2D eigenvalue weighted by atomic mass is 32.2. The number of benzene rings is 2. The summed E-state index contributed by atoms with van der Waals surface area (Å²) < 4.78 is 27.9. The van der Waals surface area contributed by atoms with Crippen molar-refractivity contribution in [3.8, 4) is 11.1 Å². The van der Waals surface area contributed by atoms with Crippen LogP contribution in [0.1, 0.15) is 43.2 Å². The van der Waals surface area contributed by atoms with Crippen LogP contribution in [-0.4, -0.2) is 68.5 Å². The standard InChI is InChI=1S/C27H39N5O3S/c1-20-18-23(10-11-24(20)36(34,35)32-16-14-31(2)15-17-32)22-8-6-21(7-9-22)19-25(28)30-26(33)27(29)12-4-3-5-13-27/h6-11,18,25H,3-5,12-17,19,28-29H2,1-2H3,(H,30,33)/t25-/m1/s1. The van der Waals surface area contributed by atoms with Crippen molar-refractivity contribution in [3.05, 3.63) is 53.6 Å². The molecule has 1 aliphatic heterocycles. The first-order valence-corrected chi connectivity index (χ1v) is 14.3. The molecule has 4 rings (SSSR count). The fourth-order valence-corrected chi connectivity index (χ4v) is 6.77. The maximum absolute atomic E-state index is 13.2. The van der Waals surface area contributed by atoms with Gasteiger partial charge in [0.2, 0.25) is 15.9 Å². The molecule has 36 heavy (non-hydrogen) atoms. The van der Waals surface area contributed by atoms with Gasteiger partial charge in [0.05, 0.1) is 16.6 Å². The Morgan fingerprint density at radius 1 is 1.00 bits per heavy atom. The summed E-state index contributed by atoms with van der Waals surface area (Å²) in [6.45, 7) is 4.35. The summed E-state index contributed by atoms with van der Waals surface area (Å²) in [7, 11) is -1.50. The molecular formula is C27H39N5O3S. The number of amides is 1. The van der Waals surface area contributed by atoms with E-state index in [1.165, 1.54) is 0 Å². The van der Waals surface area contributed by atoms with Crippen molar-refractivity contribution in [2.45, 2.75) is 62.0 Å². The summed E-state index contributed by atoms with van der Waals surface area (Å²) >= 11 is 0. The predicted octanol–water partition coefficient (Wildman–Crippen LogP) is 2.20. The predicted molar refractivity (Wildman–Crippen MR) is 143 cm³/mol. The minimum absolute atomic E-state index is 0.159. The summed E-state index contributed by atoms with van der Waals surface area (Å²) in [5.74, 6) is -0.159. The molecule has 2 aromatic carbocycles. The van der Waals surface area contributed by atoms with Crippen LogP contribution in [0.25, 0.3) is 11.1 Å². The number of hydrogen-bond donors (Lipinski definition) is 3. The minimum atomic E-state index is -3.51. The minimum Gasteiger partial charge on any atom is -0.339 e. The van der Waals surface area contributed by atoms with E-state index in [1.807, 2.05) is 50.4 Å². The Bertz CT molecular complexity index is 1170. The number of aryl methyl sites for hydroxylation is 1. The zero-order valence-corrected chi connectivity index (χ0v) is 22.2. The van der Waals surface area contributed by atoms with Crippen LogP contribution in [0.3, 0.4) is 0 Å². The molecule has 5 N–H and O–H groups in total. The summed E-state index contributed by atoms with van der Waals surface area (Å²) in [5.41, 5.74) is 15.4. The van der Waals surface area contributed by atoms with E-state index in [0.717, 1.165) is 54.6 Å². The number of nitrogens with two attached hydrogens (primary N) is 2. The number of carbonyl (C=O) groups excluding carboxylic acids is 1. The molecule has 1 saturated heterocycles. The second-order valence-corrected chi connectivity index (χ2v) is 12.3. The third kappa shape index (κ3) is 5.98. The van der Waals surface area contributed by atoms with E-state index >= 15 is 0 Å². The number of carbonyl (C=O) groups is 1.